The number of carbonyl (C=O) groups is 1. The number of ketones is 1. The fourth-order valence-corrected chi connectivity index (χ4v) is 2.23. The van der Waals surface area contributed by atoms with Crippen molar-refractivity contribution < 1.29 is 9.53 Å². The summed E-state index contributed by atoms with van der Waals surface area (Å²) in [5, 5.41) is 0. The number of nitrogens with zero attached hydrogens (tertiary/aromatic N) is 1. The number of carbonyl (C=O) groups excluding carboxylic acids is 1. The molecule has 106 valence electrons. The zero-order chi connectivity index (χ0) is 13.0. The Hall–Kier alpha value is -1.10. The van der Waals surface area contributed by atoms with Gasteiger partial charge in [-0.15, -0.1) is 12.4 Å². The van der Waals surface area contributed by atoms with Crippen molar-refractivity contribution in [2.75, 3.05) is 26.2 Å². The lowest BCUT2D eigenvalue weighted by Crippen LogP contribution is -2.29. The molecule has 19 heavy (non-hydrogen) atoms. The molecule has 1 fully saturated rings. The molecule has 1 aliphatic rings. The van der Waals surface area contributed by atoms with Gasteiger partial charge in [0, 0.05) is 19.1 Å². The van der Waals surface area contributed by atoms with Crippen LogP contribution in [-0.4, -0.2) is 43.0 Å². The molecule has 2 N–H and O–H groups in total. The van der Waals surface area contributed by atoms with Gasteiger partial charge in [-0.05, 0) is 32.0 Å². The van der Waals surface area contributed by atoms with E-state index >= 15 is 0 Å². The molecule has 0 amide bonds. The van der Waals surface area contributed by atoms with E-state index in [9.17, 15) is 4.79 Å². The molecule has 0 aliphatic carbocycles. The molecule has 2 rings (SSSR count). The second kappa shape index (κ2) is 7.48. The molecule has 0 saturated carbocycles. The summed E-state index contributed by atoms with van der Waals surface area (Å²) in [7, 11) is 0. The van der Waals surface area contributed by atoms with Crippen molar-refractivity contribution >= 4 is 18.2 Å². The van der Waals surface area contributed by atoms with Crippen LogP contribution in [0.5, 0.6) is 5.75 Å². The van der Waals surface area contributed by atoms with Crippen LogP contribution in [0.1, 0.15) is 23.7 Å². The highest BCUT2D eigenvalue weighted by atomic mass is 35.5. The topological polar surface area (TPSA) is 55.6 Å². The van der Waals surface area contributed by atoms with E-state index in [2.05, 4.69) is 4.90 Å². The van der Waals surface area contributed by atoms with Gasteiger partial charge >= 0.3 is 0 Å². The molecule has 5 heteroatoms. The first kappa shape index (κ1) is 16.0. The van der Waals surface area contributed by atoms with E-state index in [0.717, 1.165) is 26.1 Å². The fraction of sp³-hybridized carbons (Fsp3) is 0.500. The maximum Gasteiger partial charge on any atom is 0.163 e. The van der Waals surface area contributed by atoms with Crippen LogP contribution in [0.25, 0.3) is 0 Å². The number of halogens is 1. The average Bonchev–Trinajstić information content (AvgIpc) is 2.75. The summed E-state index contributed by atoms with van der Waals surface area (Å²) in [6, 6.07) is 7.67. The van der Waals surface area contributed by atoms with Crippen molar-refractivity contribution in [1.29, 1.82) is 0 Å². The standard InChI is InChI=1S/C14H20N2O2.ClH/c1-11(17)13-4-2-3-5-14(13)18-9-8-16-7-6-12(15)10-16;/h2-5,12H,6-10,15H2,1H3;1H/t12-;/m1./s1. The van der Waals surface area contributed by atoms with E-state index in [1.165, 1.54) is 0 Å². The number of hydrogen-bond acceptors (Lipinski definition) is 4. The molecule has 1 heterocycles. The number of para-hydroxylation sites is 1. The number of rotatable bonds is 5. The van der Waals surface area contributed by atoms with Crippen LogP contribution in [0.15, 0.2) is 24.3 Å². The van der Waals surface area contributed by atoms with E-state index in [-0.39, 0.29) is 18.2 Å². The van der Waals surface area contributed by atoms with Crippen LogP contribution >= 0.6 is 12.4 Å². The molecule has 0 bridgehead atoms. The lowest BCUT2D eigenvalue weighted by Gasteiger charge is -2.16. The highest BCUT2D eigenvalue weighted by Gasteiger charge is 2.18. The number of nitrogens with two attached hydrogens (primary N) is 1. The third-order valence-electron chi connectivity index (χ3n) is 3.24. The van der Waals surface area contributed by atoms with Gasteiger partial charge in [-0.25, -0.2) is 0 Å². The lowest BCUT2D eigenvalue weighted by atomic mass is 10.1. The van der Waals surface area contributed by atoms with Gasteiger partial charge in [-0.2, -0.15) is 0 Å². The molecular weight excluding hydrogens is 264 g/mol. The van der Waals surface area contributed by atoms with Gasteiger partial charge in [-0.3, -0.25) is 9.69 Å². The second-order valence-corrected chi connectivity index (χ2v) is 4.75. The Morgan fingerprint density at radius 3 is 2.84 bits per heavy atom. The van der Waals surface area contributed by atoms with Crippen LogP contribution in [0.2, 0.25) is 0 Å². The summed E-state index contributed by atoms with van der Waals surface area (Å²) < 4.78 is 5.69. The molecule has 4 nitrogen and oxygen atoms in total. The smallest absolute Gasteiger partial charge is 0.163 e. The first-order chi connectivity index (χ1) is 8.66. The van der Waals surface area contributed by atoms with E-state index in [1.807, 2.05) is 18.2 Å². The van der Waals surface area contributed by atoms with Gasteiger partial charge in [0.05, 0.1) is 5.56 Å². The highest BCUT2D eigenvalue weighted by Crippen LogP contribution is 2.18. The molecule has 0 unspecified atom stereocenters. The first-order valence-electron chi connectivity index (χ1n) is 6.37. The zero-order valence-corrected chi connectivity index (χ0v) is 12.0. The number of likely N-dealkylation sites (tertiary alicyclic amines) is 1. The monoisotopic (exact) mass is 284 g/mol. The van der Waals surface area contributed by atoms with Gasteiger partial charge in [0.15, 0.2) is 5.78 Å². The van der Waals surface area contributed by atoms with Crippen molar-refractivity contribution in [3.8, 4) is 5.75 Å². The molecule has 1 aromatic rings. The van der Waals surface area contributed by atoms with Crippen molar-refractivity contribution in [1.82, 2.24) is 4.90 Å². The third-order valence-corrected chi connectivity index (χ3v) is 3.24. The largest absolute Gasteiger partial charge is 0.491 e. The Morgan fingerprint density at radius 2 is 2.21 bits per heavy atom. The molecule has 0 spiro atoms. The molecule has 0 aromatic heterocycles. The first-order valence-corrected chi connectivity index (χ1v) is 6.37. The van der Waals surface area contributed by atoms with Gasteiger partial charge in [0.25, 0.3) is 0 Å². The highest BCUT2D eigenvalue weighted by molar-refractivity contribution is 5.96. The molecule has 1 atom stereocenters. The van der Waals surface area contributed by atoms with Crippen molar-refractivity contribution in [3.05, 3.63) is 29.8 Å². The molecule has 0 radical (unpaired) electrons. The Labute approximate surface area is 120 Å². The average molecular weight is 285 g/mol. The van der Waals surface area contributed by atoms with Crippen LogP contribution in [0.4, 0.5) is 0 Å². The van der Waals surface area contributed by atoms with Gasteiger partial charge in [0.2, 0.25) is 0 Å². The molecule has 1 aromatic carbocycles. The zero-order valence-electron chi connectivity index (χ0n) is 11.2. The summed E-state index contributed by atoms with van der Waals surface area (Å²) in [5.41, 5.74) is 6.49. The summed E-state index contributed by atoms with van der Waals surface area (Å²) in [6.07, 6.45) is 1.06. The SMILES string of the molecule is CC(=O)c1ccccc1OCCN1CC[C@@H](N)C1.Cl. The summed E-state index contributed by atoms with van der Waals surface area (Å²) in [4.78, 5) is 13.7. The van der Waals surface area contributed by atoms with E-state index in [1.54, 1.807) is 13.0 Å². The number of hydrogen-bond donors (Lipinski definition) is 1. The predicted octanol–water partition coefficient (Wildman–Crippen LogP) is 1.72. The van der Waals surface area contributed by atoms with E-state index < -0.39 is 0 Å². The van der Waals surface area contributed by atoms with Crippen molar-refractivity contribution in [2.45, 2.75) is 19.4 Å². The number of Topliss-reactive ketones (excluding diaryl/α,β-unsaturated/α-hetero) is 1. The third kappa shape index (κ3) is 4.49. The van der Waals surface area contributed by atoms with E-state index in [4.69, 9.17) is 10.5 Å². The Bertz CT molecular complexity index is 426. The minimum atomic E-state index is 0. The molecule has 1 aliphatic heterocycles. The summed E-state index contributed by atoms with van der Waals surface area (Å²) in [5.74, 6) is 0.710. The fourth-order valence-electron chi connectivity index (χ4n) is 2.23. The van der Waals surface area contributed by atoms with Crippen LogP contribution in [-0.2, 0) is 0 Å². The summed E-state index contributed by atoms with van der Waals surface area (Å²) in [6.45, 7) is 5.00. The Kier molecular flexibility index (Phi) is 6.28. The van der Waals surface area contributed by atoms with Crippen LogP contribution < -0.4 is 10.5 Å². The minimum Gasteiger partial charge on any atom is -0.491 e. The number of benzene rings is 1. The molecular formula is C14H21ClN2O2. The van der Waals surface area contributed by atoms with Crippen LogP contribution in [0, 0.1) is 0 Å². The Morgan fingerprint density at radius 1 is 1.47 bits per heavy atom. The maximum absolute atomic E-state index is 11.4. The van der Waals surface area contributed by atoms with Crippen molar-refractivity contribution in [2.24, 2.45) is 5.73 Å². The van der Waals surface area contributed by atoms with Crippen LogP contribution in [0.3, 0.4) is 0 Å². The number of ether oxygens (including phenoxy) is 1. The maximum atomic E-state index is 11.4. The van der Waals surface area contributed by atoms with Gasteiger partial charge in [-0.1, -0.05) is 12.1 Å². The Balaban J connectivity index is 0.00000180. The summed E-state index contributed by atoms with van der Waals surface area (Å²) >= 11 is 0. The lowest BCUT2D eigenvalue weighted by molar-refractivity contribution is 0.101. The molecule has 1 saturated heterocycles. The normalized spacial score (nSPS) is 18.9. The predicted molar refractivity (Wildman–Crippen MR) is 78.2 cm³/mol. The van der Waals surface area contributed by atoms with Crippen molar-refractivity contribution in [3.63, 3.8) is 0 Å². The second-order valence-electron chi connectivity index (χ2n) is 4.75. The van der Waals surface area contributed by atoms with Gasteiger partial charge < -0.3 is 10.5 Å². The quantitative estimate of drug-likeness (QED) is 0.837. The van der Waals surface area contributed by atoms with E-state index in [0.29, 0.717) is 24.0 Å². The van der Waals surface area contributed by atoms with Gasteiger partial charge in [0.1, 0.15) is 12.4 Å². The minimum absolute atomic E-state index is 0.